The van der Waals surface area contributed by atoms with Gasteiger partial charge in [0.25, 0.3) is 0 Å². The number of benzene rings is 2. The Hall–Kier alpha value is -2.91. The number of furan rings is 1. The van der Waals surface area contributed by atoms with Gasteiger partial charge in [-0.1, -0.05) is 42.1 Å². The molecule has 2 heterocycles. The van der Waals surface area contributed by atoms with Crippen LogP contribution in [0.5, 0.6) is 0 Å². The van der Waals surface area contributed by atoms with Crippen molar-refractivity contribution in [1.29, 1.82) is 0 Å². The molecule has 0 bridgehead atoms. The lowest BCUT2D eigenvalue weighted by Gasteiger charge is -2.10. The minimum absolute atomic E-state index is 0.0217. The Bertz CT molecular complexity index is 1280. The van der Waals surface area contributed by atoms with E-state index >= 15 is 0 Å². The summed E-state index contributed by atoms with van der Waals surface area (Å²) in [5, 5.41) is 9.44. The highest BCUT2D eigenvalue weighted by atomic mass is 32.2. The first kappa shape index (κ1) is 22.3. The van der Waals surface area contributed by atoms with Crippen LogP contribution in [0, 0.1) is 12.7 Å². The third-order valence-corrected chi connectivity index (χ3v) is 7.83. The van der Waals surface area contributed by atoms with E-state index in [0.717, 1.165) is 29.0 Å². The molecule has 0 atom stereocenters. The van der Waals surface area contributed by atoms with Crippen molar-refractivity contribution >= 4 is 21.6 Å². The summed E-state index contributed by atoms with van der Waals surface area (Å²) in [7, 11) is -3.46. The number of hydrogen-bond acceptors (Lipinski definition) is 6. The lowest BCUT2D eigenvalue weighted by molar-refractivity contribution is 0.534. The van der Waals surface area contributed by atoms with E-state index in [-0.39, 0.29) is 10.6 Å². The van der Waals surface area contributed by atoms with Crippen LogP contribution in [0.2, 0.25) is 0 Å². The van der Waals surface area contributed by atoms with Gasteiger partial charge in [0, 0.05) is 5.75 Å². The fraction of sp³-hybridized carbons (Fsp3) is 0.217. The standard InChI is InChI=1S/C23H22FN3O3S2/c1-17-21(12-13-30-17)22-25-26-23(27(22)16-18-6-3-2-4-7-18)31-14-5-15-32(28,29)20-10-8-19(24)9-11-20/h2-4,6-13H,5,14-16H2,1H3. The predicted molar refractivity (Wildman–Crippen MR) is 122 cm³/mol. The fourth-order valence-corrected chi connectivity index (χ4v) is 5.66. The third kappa shape index (κ3) is 5.11. The number of hydrogen-bond donors (Lipinski definition) is 0. The van der Waals surface area contributed by atoms with Crippen LogP contribution in [0.1, 0.15) is 17.7 Å². The lowest BCUT2D eigenvalue weighted by atomic mass is 10.2. The number of thioether (sulfide) groups is 1. The Morgan fingerprint density at radius 3 is 2.47 bits per heavy atom. The van der Waals surface area contributed by atoms with Crippen LogP contribution in [0.3, 0.4) is 0 Å². The maximum atomic E-state index is 13.1. The molecule has 0 N–H and O–H groups in total. The molecule has 0 aliphatic heterocycles. The van der Waals surface area contributed by atoms with E-state index in [1.165, 1.54) is 23.9 Å². The molecule has 4 rings (SSSR count). The number of nitrogens with zero attached hydrogens (tertiary/aromatic N) is 3. The average molecular weight is 472 g/mol. The van der Waals surface area contributed by atoms with Crippen molar-refractivity contribution in [3.8, 4) is 11.4 Å². The van der Waals surface area contributed by atoms with Crippen LogP contribution < -0.4 is 0 Å². The molecule has 0 saturated heterocycles. The number of halogens is 1. The van der Waals surface area contributed by atoms with E-state index in [1.54, 1.807) is 6.26 Å². The second-order valence-electron chi connectivity index (χ2n) is 7.24. The molecule has 0 fully saturated rings. The van der Waals surface area contributed by atoms with Crippen molar-refractivity contribution in [3.63, 3.8) is 0 Å². The Kier molecular flexibility index (Phi) is 6.76. The van der Waals surface area contributed by atoms with Crippen LogP contribution in [0.25, 0.3) is 11.4 Å². The molecule has 9 heteroatoms. The Morgan fingerprint density at radius 1 is 1.03 bits per heavy atom. The van der Waals surface area contributed by atoms with E-state index in [1.807, 2.05) is 47.9 Å². The smallest absolute Gasteiger partial charge is 0.191 e. The van der Waals surface area contributed by atoms with E-state index < -0.39 is 15.7 Å². The zero-order valence-corrected chi connectivity index (χ0v) is 19.1. The first-order valence-corrected chi connectivity index (χ1v) is 12.7. The summed E-state index contributed by atoms with van der Waals surface area (Å²) in [5.74, 6) is 1.54. The maximum Gasteiger partial charge on any atom is 0.191 e. The summed E-state index contributed by atoms with van der Waals surface area (Å²) in [6.07, 6.45) is 2.06. The summed E-state index contributed by atoms with van der Waals surface area (Å²) in [4.78, 5) is 0.133. The largest absolute Gasteiger partial charge is 0.469 e. The molecule has 0 aliphatic rings. The van der Waals surface area contributed by atoms with Gasteiger partial charge in [-0.25, -0.2) is 12.8 Å². The van der Waals surface area contributed by atoms with Gasteiger partial charge < -0.3 is 4.42 Å². The zero-order chi connectivity index (χ0) is 22.6. The highest BCUT2D eigenvalue weighted by molar-refractivity contribution is 7.99. The Labute approximate surface area is 190 Å². The average Bonchev–Trinajstić information content (AvgIpc) is 3.38. The highest BCUT2D eigenvalue weighted by Gasteiger charge is 2.19. The normalized spacial score (nSPS) is 11.7. The molecule has 0 spiro atoms. The second kappa shape index (κ2) is 9.70. The number of aryl methyl sites for hydroxylation is 1. The topological polar surface area (TPSA) is 78.0 Å². The molecule has 166 valence electrons. The summed E-state index contributed by atoms with van der Waals surface area (Å²) in [6, 6.07) is 16.8. The van der Waals surface area contributed by atoms with Crippen LogP contribution in [0.4, 0.5) is 4.39 Å². The molecule has 0 amide bonds. The van der Waals surface area contributed by atoms with Crippen LogP contribution in [-0.4, -0.2) is 34.7 Å². The highest BCUT2D eigenvalue weighted by Crippen LogP contribution is 2.28. The molecule has 2 aromatic carbocycles. The molecular formula is C23H22FN3O3S2. The molecule has 0 radical (unpaired) electrons. The van der Waals surface area contributed by atoms with E-state index in [0.29, 0.717) is 29.7 Å². The van der Waals surface area contributed by atoms with E-state index in [2.05, 4.69) is 10.2 Å². The van der Waals surface area contributed by atoms with Crippen LogP contribution in [-0.2, 0) is 16.4 Å². The quantitative estimate of drug-likeness (QED) is 0.194. The molecular weight excluding hydrogens is 449 g/mol. The molecule has 2 aromatic heterocycles. The van der Waals surface area contributed by atoms with Crippen molar-refractivity contribution in [3.05, 3.63) is 84.1 Å². The van der Waals surface area contributed by atoms with Gasteiger partial charge in [0.15, 0.2) is 20.8 Å². The minimum Gasteiger partial charge on any atom is -0.469 e. The maximum absolute atomic E-state index is 13.1. The number of sulfone groups is 1. The van der Waals surface area contributed by atoms with Gasteiger partial charge in [-0.15, -0.1) is 10.2 Å². The molecule has 0 unspecified atom stereocenters. The number of aromatic nitrogens is 3. The molecule has 32 heavy (non-hydrogen) atoms. The van der Waals surface area contributed by atoms with Crippen LogP contribution in [0.15, 0.2) is 81.4 Å². The fourth-order valence-electron chi connectivity index (χ4n) is 3.29. The van der Waals surface area contributed by atoms with Gasteiger partial charge in [0.1, 0.15) is 11.6 Å². The van der Waals surface area contributed by atoms with Crippen LogP contribution >= 0.6 is 11.8 Å². The summed E-state index contributed by atoms with van der Waals surface area (Å²) < 4.78 is 45.5. The van der Waals surface area contributed by atoms with Gasteiger partial charge in [-0.05, 0) is 49.2 Å². The first-order valence-electron chi connectivity index (χ1n) is 10.1. The third-order valence-electron chi connectivity index (χ3n) is 4.96. The van der Waals surface area contributed by atoms with Crippen molar-refractivity contribution < 1.29 is 17.2 Å². The van der Waals surface area contributed by atoms with Gasteiger partial charge in [-0.2, -0.15) is 0 Å². The Balaban J connectivity index is 1.48. The lowest BCUT2D eigenvalue weighted by Crippen LogP contribution is -2.08. The molecule has 0 aliphatic carbocycles. The predicted octanol–water partition coefficient (Wildman–Crippen LogP) is 4.99. The first-order chi connectivity index (χ1) is 15.4. The van der Waals surface area contributed by atoms with Crippen molar-refractivity contribution in [2.45, 2.75) is 29.9 Å². The zero-order valence-electron chi connectivity index (χ0n) is 17.4. The van der Waals surface area contributed by atoms with Crippen molar-refractivity contribution in [2.75, 3.05) is 11.5 Å². The summed E-state index contributed by atoms with van der Waals surface area (Å²) in [5.41, 5.74) is 1.98. The second-order valence-corrected chi connectivity index (χ2v) is 10.4. The Morgan fingerprint density at radius 2 is 1.78 bits per heavy atom. The van der Waals surface area contributed by atoms with E-state index in [4.69, 9.17) is 4.42 Å². The minimum atomic E-state index is -3.46. The summed E-state index contributed by atoms with van der Waals surface area (Å²) >= 11 is 1.46. The van der Waals surface area contributed by atoms with Crippen molar-refractivity contribution in [2.24, 2.45) is 0 Å². The van der Waals surface area contributed by atoms with Gasteiger partial charge in [0.05, 0.1) is 29.0 Å². The number of rotatable bonds is 9. The van der Waals surface area contributed by atoms with Gasteiger partial charge in [0.2, 0.25) is 0 Å². The van der Waals surface area contributed by atoms with Crippen molar-refractivity contribution in [1.82, 2.24) is 14.8 Å². The summed E-state index contributed by atoms with van der Waals surface area (Å²) in [6.45, 7) is 2.47. The van der Waals surface area contributed by atoms with Gasteiger partial charge in [-0.3, -0.25) is 4.57 Å². The molecule has 4 aromatic rings. The van der Waals surface area contributed by atoms with E-state index in [9.17, 15) is 12.8 Å². The molecule has 6 nitrogen and oxygen atoms in total. The molecule has 0 saturated carbocycles. The van der Waals surface area contributed by atoms with Gasteiger partial charge >= 0.3 is 0 Å². The monoisotopic (exact) mass is 471 g/mol. The SMILES string of the molecule is Cc1occc1-c1nnc(SCCCS(=O)(=O)c2ccc(F)cc2)n1Cc1ccccc1.